The molecule has 8 heteroatoms. The summed E-state index contributed by atoms with van der Waals surface area (Å²) in [6.45, 7) is 6.98. The van der Waals surface area contributed by atoms with Crippen LogP contribution in [0.4, 0.5) is 4.79 Å². The number of benzene rings is 1. The van der Waals surface area contributed by atoms with Crippen molar-refractivity contribution in [2.75, 3.05) is 13.1 Å². The number of aromatic nitrogens is 3. The van der Waals surface area contributed by atoms with Gasteiger partial charge in [-0.15, -0.1) is 11.3 Å². The van der Waals surface area contributed by atoms with E-state index in [9.17, 15) is 9.59 Å². The topological polar surface area (TPSA) is 88.2 Å². The van der Waals surface area contributed by atoms with Gasteiger partial charge in [-0.1, -0.05) is 12.1 Å². The molecule has 3 heterocycles. The van der Waals surface area contributed by atoms with Crippen molar-refractivity contribution in [1.82, 2.24) is 20.1 Å². The average Bonchev–Trinajstić information content (AvgIpc) is 3.17. The molecule has 0 saturated carbocycles. The van der Waals surface area contributed by atoms with Gasteiger partial charge < -0.3 is 9.64 Å². The van der Waals surface area contributed by atoms with Gasteiger partial charge in [-0.05, 0) is 39.7 Å². The number of carbonyl (C=O) groups excluding carboxylic acids is 1. The average molecular weight is 413 g/mol. The molecule has 0 bridgehead atoms. The first-order chi connectivity index (χ1) is 13.8. The molecule has 2 aromatic heterocycles. The number of ether oxygens (including phenoxy) is 1. The molecule has 0 spiro atoms. The predicted octanol–water partition coefficient (Wildman–Crippen LogP) is 4.16. The van der Waals surface area contributed by atoms with Gasteiger partial charge in [0, 0.05) is 35.3 Å². The van der Waals surface area contributed by atoms with Crippen molar-refractivity contribution < 1.29 is 9.53 Å². The number of piperidine rings is 1. The molecule has 1 aliphatic rings. The van der Waals surface area contributed by atoms with Gasteiger partial charge in [0.15, 0.2) is 0 Å². The third kappa shape index (κ3) is 4.32. The Labute approximate surface area is 172 Å². The van der Waals surface area contributed by atoms with Crippen LogP contribution < -0.4 is 5.56 Å². The van der Waals surface area contributed by atoms with Gasteiger partial charge >= 0.3 is 6.09 Å². The molecule has 0 unspecified atom stereocenters. The Kier molecular flexibility index (Phi) is 5.12. The van der Waals surface area contributed by atoms with Gasteiger partial charge in [0.25, 0.3) is 5.56 Å². The van der Waals surface area contributed by atoms with Crippen LogP contribution in [0.15, 0.2) is 34.6 Å². The fraction of sp³-hybridized carbons (Fsp3) is 0.429. The number of nitrogens with zero attached hydrogens (tertiary/aromatic N) is 3. The number of rotatable bonds is 2. The molecule has 7 nitrogen and oxygen atoms in total. The standard InChI is InChI=1S/C21H24N4O3S/c1-21(2,3)28-20(27)25-8-6-13(7-9-25)17-12-29-19(23-17)14-4-5-15-11-22-24-18(26)16(15)10-14/h4-5,10-13H,6-9H2,1-3H3,(H,24,26). The molecule has 4 rings (SSSR count). The van der Waals surface area contributed by atoms with Gasteiger partial charge in [0.2, 0.25) is 0 Å². The molecule has 1 aliphatic heterocycles. The molecule has 1 amide bonds. The Hall–Kier alpha value is -2.74. The van der Waals surface area contributed by atoms with E-state index in [0.717, 1.165) is 34.5 Å². The lowest BCUT2D eigenvalue weighted by Crippen LogP contribution is -2.41. The van der Waals surface area contributed by atoms with Gasteiger partial charge in [-0.25, -0.2) is 14.9 Å². The molecule has 1 aromatic carbocycles. The quantitative estimate of drug-likeness (QED) is 0.683. The number of likely N-dealkylation sites (tertiary alicyclic amines) is 1. The van der Waals surface area contributed by atoms with Crippen LogP contribution in [0.2, 0.25) is 0 Å². The summed E-state index contributed by atoms with van der Waals surface area (Å²) < 4.78 is 5.47. The lowest BCUT2D eigenvalue weighted by molar-refractivity contribution is 0.0204. The van der Waals surface area contributed by atoms with Crippen molar-refractivity contribution in [3.8, 4) is 10.6 Å². The Morgan fingerprint density at radius 2 is 2.03 bits per heavy atom. The lowest BCUT2D eigenvalue weighted by Gasteiger charge is -2.32. The zero-order valence-electron chi connectivity index (χ0n) is 16.8. The van der Waals surface area contributed by atoms with Crippen LogP contribution in [0.25, 0.3) is 21.3 Å². The summed E-state index contributed by atoms with van der Waals surface area (Å²) in [4.78, 5) is 30.9. The Morgan fingerprint density at radius 3 is 2.76 bits per heavy atom. The van der Waals surface area contributed by atoms with Crippen LogP contribution in [0, 0.1) is 0 Å². The van der Waals surface area contributed by atoms with E-state index in [-0.39, 0.29) is 11.7 Å². The van der Waals surface area contributed by atoms with E-state index in [1.54, 1.807) is 22.4 Å². The first-order valence-electron chi connectivity index (χ1n) is 9.71. The highest BCUT2D eigenvalue weighted by molar-refractivity contribution is 7.13. The summed E-state index contributed by atoms with van der Waals surface area (Å²) in [5.41, 5.74) is 1.31. The van der Waals surface area contributed by atoms with Crippen LogP contribution in [-0.4, -0.2) is 44.9 Å². The van der Waals surface area contributed by atoms with Crippen molar-refractivity contribution in [2.45, 2.75) is 45.1 Å². The lowest BCUT2D eigenvalue weighted by atomic mass is 9.94. The molecule has 29 heavy (non-hydrogen) atoms. The van der Waals surface area contributed by atoms with Gasteiger partial charge in [-0.2, -0.15) is 5.10 Å². The molecule has 152 valence electrons. The van der Waals surface area contributed by atoms with Crippen molar-refractivity contribution in [1.29, 1.82) is 0 Å². The molecule has 3 aromatic rings. The maximum Gasteiger partial charge on any atom is 0.410 e. The van der Waals surface area contributed by atoms with Crippen LogP contribution in [-0.2, 0) is 4.74 Å². The van der Waals surface area contributed by atoms with Crippen LogP contribution in [0.3, 0.4) is 0 Å². The molecule has 1 saturated heterocycles. The van der Waals surface area contributed by atoms with E-state index in [4.69, 9.17) is 9.72 Å². The minimum Gasteiger partial charge on any atom is -0.444 e. The number of hydrogen-bond acceptors (Lipinski definition) is 6. The zero-order valence-corrected chi connectivity index (χ0v) is 17.6. The highest BCUT2D eigenvalue weighted by Gasteiger charge is 2.28. The van der Waals surface area contributed by atoms with Crippen LogP contribution in [0.5, 0.6) is 0 Å². The second-order valence-electron chi connectivity index (χ2n) is 8.32. The minimum atomic E-state index is -0.477. The first-order valence-corrected chi connectivity index (χ1v) is 10.6. The number of amides is 1. The van der Waals surface area contributed by atoms with Gasteiger partial charge in [0.1, 0.15) is 10.6 Å². The van der Waals surface area contributed by atoms with Crippen molar-refractivity contribution in [3.05, 3.63) is 45.8 Å². The smallest absolute Gasteiger partial charge is 0.410 e. The monoisotopic (exact) mass is 412 g/mol. The molecule has 1 N–H and O–H groups in total. The fourth-order valence-corrected chi connectivity index (χ4v) is 4.41. The Balaban J connectivity index is 1.46. The number of H-pyrrole nitrogens is 1. The van der Waals surface area contributed by atoms with E-state index in [1.807, 2.05) is 39.0 Å². The number of thiazole rings is 1. The second-order valence-corrected chi connectivity index (χ2v) is 9.18. The van der Waals surface area contributed by atoms with E-state index in [0.29, 0.717) is 24.4 Å². The second kappa shape index (κ2) is 7.59. The normalized spacial score (nSPS) is 15.6. The zero-order chi connectivity index (χ0) is 20.6. The molecular formula is C21H24N4O3S. The van der Waals surface area contributed by atoms with Crippen molar-refractivity contribution in [2.24, 2.45) is 0 Å². The highest BCUT2D eigenvalue weighted by Crippen LogP contribution is 2.33. The molecule has 0 radical (unpaired) electrons. The van der Waals surface area contributed by atoms with E-state index in [1.165, 1.54) is 0 Å². The Bertz CT molecular complexity index is 1090. The summed E-state index contributed by atoms with van der Waals surface area (Å²) in [6.07, 6.45) is 3.13. The largest absolute Gasteiger partial charge is 0.444 e. The van der Waals surface area contributed by atoms with E-state index in [2.05, 4.69) is 15.6 Å². The maximum absolute atomic E-state index is 12.2. The number of hydrogen-bond donors (Lipinski definition) is 1. The number of aromatic amines is 1. The van der Waals surface area contributed by atoms with Crippen molar-refractivity contribution >= 4 is 28.2 Å². The number of fused-ring (bicyclic) bond motifs is 1. The predicted molar refractivity (Wildman–Crippen MR) is 113 cm³/mol. The minimum absolute atomic E-state index is 0.198. The van der Waals surface area contributed by atoms with E-state index >= 15 is 0 Å². The van der Waals surface area contributed by atoms with Crippen LogP contribution in [0.1, 0.15) is 45.2 Å². The number of carbonyl (C=O) groups is 1. The van der Waals surface area contributed by atoms with Gasteiger partial charge in [0.05, 0.1) is 17.3 Å². The molecule has 0 aliphatic carbocycles. The Morgan fingerprint density at radius 1 is 1.28 bits per heavy atom. The third-order valence-corrected chi connectivity index (χ3v) is 5.91. The highest BCUT2D eigenvalue weighted by atomic mass is 32.1. The molecule has 0 atom stereocenters. The van der Waals surface area contributed by atoms with E-state index < -0.39 is 5.60 Å². The van der Waals surface area contributed by atoms with Gasteiger partial charge in [-0.3, -0.25) is 4.79 Å². The fourth-order valence-electron chi connectivity index (χ4n) is 3.51. The first kappa shape index (κ1) is 19.6. The van der Waals surface area contributed by atoms with Crippen LogP contribution >= 0.6 is 11.3 Å². The maximum atomic E-state index is 12.2. The third-order valence-electron chi connectivity index (χ3n) is 5.00. The number of nitrogens with one attached hydrogen (secondary N) is 1. The SMILES string of the molecule is CC(C)(C)OC(=O)N1CCC(c2csc(-c3ccc4cn[nH]c(=O)c4c3)n2)CC1. The molecule has 1 fully saturated rings. The summed E-state index contributed by atoms with van der Waals surface area (Å²) in [7, 11) is 0. The summed E-state index contributed by atoms with van der Waals surface area (Å²) in [5, 5.41) is 10.7. The summed E-state index contributed by atoms with van der Waals surface area (Å²) in [5.74, 6) is 0.326. The summed E-state index contributed by atoms with van der Waals surface area (Å²) >= 11 is 1.58. The molecular weight excluding hydrogens is 388 g/mol. The summed E-state index contributed by atoms with van der Waals surface area (Å²) in [6, 6.07) is 5.73. The van der Waals surface area contributed by atoms with Crippen molar-refractivity contribution in [3.63, 3.8) is 0 Å².